The Morgan fingerprint density at radius 1 is 1.12 bits per heavy atom. The maximum atomic E-state index is 10.9. The average Bonchev–Trinajstić information content (AvgIpc) is 3.05. The van der Waals surface area contributed by atoms with Crippen molar-refractivity contribution in [1.29, 1.82) is 0 Å². The van der Waals surface area contributed by atoms with Crippen molar-refractivity contribution < 1.29 is 9.66 Å². The Balaban J connectivity index is 1.51. The maximum absolute atomic E-state index is 10.9. The molecule has 10 nitrogen and oxygen atoms in total. The van der Waals surface area contributed by atoms with E-state index in [1.54, 1.807) is 10.8 Å². The van der Waals surface area contributed by atoms with Gasteiger partial charge in [-0.05, 0) is 17.4 Å². The molecule has 0 bridgehead atoms. The predicted molar refractivity (Wildman–Crippen MR) is 94.6 cm³/mol. The van der Waals surface area contributed by atoms with Crippen molar-refractivity contribution in [3.63, 3.8) is 0 Å². The zero-order valence-electron chi connectivity index (χ0n) is 14.2. The van der Waals surface area contributed by atoms with Gasteiger partial charge in [0.1, 0.15) is 18.6 Å². The quantitative estimate of drug-likeness (QED) is 0.459. The van der Waals surface area contributed by atoms with E-state index < -0.39 is 4.92 Å². The number of nitro groups is 1. The summed E-state index contributed by atoms with van der Waals surface area (Å²) in [6, 6.07) is 2.17. The Labute approximate surface area is 149 Å². The Bertz CT molecular complexity index is 835. The molecule has 2 aromatic heterocycles. The van der Waals surface area contributed by atoms with Crippen LogP contribution in [0.1, 0.15) is 6.42 Å². The Morgan fingerprint density at radius 3 is 2.85 bits per heavy atom. The number of nitrogens with zero attached hydrogens (tertiary/aromatic N) is 7. The van der Waals surface area contributed by atoms with Gasteiger partial charge in [0.25, 0.3) is 0 Å². The normalized spacial score (nSPS) is 17.2. The summed E-state index contributed by atoms with van der Waals surface area (Å²) in [7, 11) is 0. The Kier molecular flexibility index (Phi) is 4.38. The van der Waals surface area contributed by atoms with Crippen LogP contribution in [0, 0.1) is 10.1 Å². The molecule has 4 heterocycles. The molecular formula is C16H19N7O3. The van der Waals surface area contributed by atoms with E-state index in [-0.39, 0.29) is 5.82 Å². The SMILES string of the molecule is O=[N+]([O-])c1cn2c(n1)OCCN(c1ccnc(N3CC=CCC3)n1)CC2. The monoisotopic (exact) mass is 357 g/mol. The molecule has 0 N–H and O–H groups in total. The number of hydrogen-bond acceptors (Lipinski definition) is 8. The van der Waals surface area contributed by atoms with Gasteiger partial charge in [-0.15, -0.1) is 0 Å². The van der Waals surface area contributed by atoms with Crippen LogP contribution in [0.4, 0.5) is 17.6 Å². The van der Waals surface area contributed by atoms with E-state index in [1.165, 1.54) is 6.20 Å². The fourth-order valence-corrected chi connectivity index (χ4v) is 3.06. The van der Waals surface area contributed by atoms with Gasteiger partial charge in [0.2, 0.25) is 5.95 Å². The molecular weight excluding hydrogens is 338 g/mol. The summed E-state index contributed by atoms with van der Waals surface area (Å²) in [5.41, 5.74) is 0. The summed E-state index contributed by atoms with van der Waals surface area (Å²) in [4.78, 5) is 27.6. The van der Waals surface area contributed by atoms with E-state index in [0.717, 1.165) is 25.3 Å². The number of rotatable bonds is 3. The highest BCUT2D eigenvalue weighted by atomic mass is 16.6. The first-order valence-corrected chi connectivity index (χ1v) is 8.53. The third-order valence-electron chi connectivity index (χ3n) is 4.41. The second-order valence-corrected chi connectivity index (χ2v) is 6.09. The first-order valence-electron chi connectivity index (χ1n) is 8.53. The molecule has 0 amide bonds. The number of hydrogen-bond donors (Lipinski definition) is 0. The molecule has 2 aliphatic heterocycles. The lowest BCUT2D eigenvalue weighted by atomic mass is 10.3. The third kappa shape index (κ3) is 3.30. The molecule has 0 saturated carbocycles. The zero-order valence-corrected chi connectivity index (χ0v) is 14.2. The molecule has 10 heteroatoms. The van der Waals surface area contributed by atoms with E-state index in [2.05, 4.69) is 31.9 Å². The van der Waals surface area contributed by atoms with Crippen molar-refractivity contribution in [2.45, 2.75) is 13.0 Å². The summed E-state index contributed by atoms with van der Waals surface area (Å²) in [6.45, 7) is 3.90. The number of ether oxygens (including phenoxy) is 1. The number of imidazole rings is 1. The topological polar surface area (TPSA) is 102 Å². The van der Waals surface area contributed by atoms with Crippen molar-refractivity contribution in [3.8, 4) is 6.01 Å². The van der Waals surface area contributed by atoms with Gasteiger partial charge in [0.15, 0.2) is 0 Å². The first-order chi connectivity index (χ1) is 12.7. The highest BCUT2D eigenvalue weighted by Gasteiger charge is 2.23. The molecule has 0 saturated heterocycles. The molecule has 26 heavy (non-hydrogen) atoms. The van der Waals surface area contributed by atoms with Crippen molar-refractivity contribution in [2.75, 3.05) is 42.6 Å². The van der Waals surface area contributed by atoms with Crippen LogP contribution in [0.25, 0.3) is 0 Å². The fourth-order valence-electron chi connectivity index (χ4n) is 3.06. The number of anilines is 2. The van der Waals surface area contributed by atoms with Crippen LogP contribution in [0.15, 0.2) is 30.6 Å². The lowest BCUT2D eigenvalue weighted by Crippen LogP contribution is -2.35. The van der Waals surface area contributed by atoms with Crippen LogP contribution >= 0.6 is 0 Å². The first kappa shape index (κ1) is 16.3. The van der Waals surface area contributed by atoms with E-state index in [0.29, 0.717) is 38.2 Å². The maximum Gasteiger partial charge on any atom is 0.414 e. The van der Waals surface area contributed by atoms with Crippen LogP contribution < -0.4 is 14.5 Å². The molecule has 0 spiro atoms. The lowest BCUT2D eigenvalue weighted by Gasteiger charge is -2.28. The van der Waals surface area contributed by atoms with E-state index in [4.69, 9.17) is 9.72 Å². The molecule has 4 rings (SSSR count). The minimum Gasteiger partial charge on any atom is -0.444 e. The van der Waals surface area contributed by atoms with Gasteiger partial charge < -0.3 is 24.7 Å². The van der Waals surface area contributed by atoms with Gasteiger partial charge in [-0.25, -0.2) is 4.98 Å². The average molecular weight is 357 g/mol. The summed E-state index contributed by atoms with van der Waals surface area (Å²) < 4.78 is 7.27. The van der Waals surface area contributed by atoms with Gasteiger partial charge in [-0.3, -0.25) is 4.57 Å². The van der Waals surface area contributed by atoms with Crippen molar-refractivity contribution in [1.82, 2.24) is 19.5 Å². The molecule has 0 unspecified atom stereocenters. The van der Waals surface area contributed by atoms with Crippen LogP contribution in [0.2, 0.25) is 0 Å². The second kappa shape index (κ2) is 6.98. The van der Waals surface area contributed by atoms with Gasteiger partial charge >= 0.3 is 11.8 Å². The minimum atomic E-state index is -0.511. The largest absolute Gasteiger partial charge is 0.444 e. The summed E-state index contributed by atoms with van der Waals surface area (Å²) in [5.74, 6) is 1.34. The smallest absolute Gasteiger partial charge is 0.414 e. The predicted octanol–water partition coefficient (Wildman–Crippen LogP) is 1.25. The summed E-state index contributed by atoms with van der Waals surface area (Å²) in [6.07, 6.45) is 8.45. The molecule has 0 atom stereocenters. The van der Waals surface area contributed by atoms with E-state index >= 15 is 0 Å². The van der Waals surface area contributed by atoms with E-state index in [9.17, 15) is 10.1 Å². The van der Waals surface area contributed by atoms with Crippen LogP contribution in [0.5, 0.6) is 6.01 Å². The van der Waals surface area contributed by atoms with Gasteiger partial charge in [-0.2, -0.15) is 4.98 Å². The standard InChI is InChI=1S/C16H19N7O3/c24-23(25)14-12-22-9-8-20(10-11-26-16(22)19-14)13-4-5-17-15(18-13)21-6-2-1-3-7-21/h1-2,4-5,12H,3,6-11H2. The third-order valence-corrected chi connectivity index (χ3v) is 4.41. The molecule has 0 radical (unpaired) electrons. The molecule has 136 valence electrons. The fraction of sp³-hybridized carbons (Fsp3) is 0.438. The van der Waals surface area contributed by atoms with Gasteiger partial charge in [0.05, 0.1) is 6.54 Å². The molecule has 2 aliphatic rings. The van der Waals surface area contributed by atoms with Crippen LogP contribution in [-0.2, 0) is 6.54 Å². The lowest BCUT2D eigenvalue weighted by molar-refractivity contribution is -0.389. The van der Waals surface area contributed by atoms with Crippen molar-refractivity contribution in [3.05, 3.63) is 40.7 Å². The molecule has 0 aromatic carbocycles. The number of fused-ring (bicyclic) bond motifs is 1. The summed E-state index contributed by atoms with van der Waals surface area (Å²) >= 11 is 0. The highest BCUT2D eigenvalue weighted by Crippen LogP contribution is 2.21. The van der Waals surface area contributed by atoms with Gasteiger partial charge in [-0.1, -0.05) is 12.2 Å². The number of aromatic nitrogens is 4. The molecule has 0 fully saturated rings. The highest BCUT2D eigenvalue weighted by molar-refractivity contribution is 5.44. The Morgan fingerprint density at radius 2 is 2.04 bits per heavy atom. The van der Waals surface area contributed by atoms with Crippen LogP contribution in [0.3, 0.4) is 0 Å². The summed E-state index contributed by atoms with van der Waals surface area (Å²) in [5, 5.41) is 10.9. The van der Waals surface area contributed by atoms with E-state index in [1.807, 2.05) is 6.07 Å². The van der Waals surface area contributed by atoms with Gasteiger partial charge in [0, 0.05) is 37.4 Å². The Hall–Kier alpha value is -3.17. The zero-order chi connectivity index (χ0) is 17.9. The molecule has 2 aromatic rings. The second-order valence-electron chi connectivity index (χ2n) is 6.09. The van der Waals surface area contributed by atoms with Crippen molar-refractivity contribution >= 4 is 17.6 Å². The van der Waals surface area contributed by atoms with Crippen LogP contribution in [-0.4, -0.2) is 57.2 Å². The molecule has 0 aliphatic carbocycles. The minimum absolute atomic E-state index is 0.198. The van der Waals surface area contributed by atoms with Crippen molar-refractivity contribution in [2.24, 2.45) is 0 Å².